The lowest BCUT2D eigenvalue weighted by Crippen LogP contribution is -2.54. The van der Waals surface area contributed by atoms with Gasteiger partial charge in [0.2, 0.25) is 17.7 Å². The Morgan fingerprint density at radius 1 is 0.925 bits per heavy atom. The highest BCUT2D eigenvalue weighted by Crippen LogP contribution is 2.24. The summed E-state index contributed by atoms with van der Waals surface area (Å²) in [6.45, 7) is 7.29. The fraction of sp³-hybridized carbons (Fsp3) is 0.500. The van der Waals surface area contributed by atoms with Crippen molar-refractivity contribution in [2.45, 2.75) is 58.7 Å². The zero-order valence-electron chi connectivity index (χ0n) is 23.1. The van der Waals surface area contributed by atoms with E-state index in [-0.39, 0.29) is 25.4 Å². The summed E-state index contributed by atoms with van der Waals surface area (Å²) in [7, 11) is 0. The van der Waals surface area contributed by atoms with E-state index in [1.54, 1.807) is 26.0 Å². The maximum Gasteiger partial charge on any atom is 0.359 e. The van der Waals surface area contributed by atoms with Crippen LogP contribution in [-0.2, 0) is 35.3 Å². The third kappa shape index (κ3) is 8.22. The molecular weight excluding hydrogens is 518 g/mol. The highest BCUT2D eigenvalue weighted by Gasteiger charge is 2.34. The summed E-state index contributed by atoms with van der Waals surface area (Å²) in [5.41, 5.74) is 1.52. The lowest BCUT2D eigenvalue weighted by Gasteiger charge is -2.32. The molecule has 0 aromatic heterocycles. The molecule has 0 bridgehead atoms. The summed E-state index contributed by atoms with van der Waals surface area (Å²) in [6.07, 6.45) is 4.13. The number of carbonyl (C=O) groups is 6. The number of likely N-dealkylation sites (tertiary alicyclic amines) is 1. The summed E-state index contributed by atoms with van der Waals surface area (Å²) in [4.78, 5) is 73.7. The number of amides is 5. The highest BCUT2D eigenvalue weighted by atomic mass is 16.4. The summed E-state index contributed by atoms with van der Waals surface area (Å²) in [6, 6.07) is 5.41. The molecule has 0 radical (unpaired) electrons. The van der Waals surface area contributed by atoms with Gasteiger partial charge >= 0.3 is 5.97 Å². The molecule has 1 fully saturated rings. The molecule has 2 atom stereocenters. The van der Waals surface area contributed by atoms with E-state index in [0.29, 0.717) is 16.7 Å². The molecule has 2 aliphatic heterocycles. The Morgan fingerprint density at radius 2 is 1.52 bits per heavy atom. The van der Waals surface area contributed by atoms with Crippen LogP contribution in [-0.4, -0.2) is 88.3 Å². The van der Waals surface area contributed by atoms with Gasteiger partial charge in [0.15, 0.2) is 6.54 Å². The Labute approximate surface area is 233 Å². The monoisotopic (exact) mass is 556 g/mol. The van der Waals surface area contributed by atoms with Crippen molar-refractivity contribution in [1.82, 2.24) is 15.5 Å². The lowest BCUT2D eigenvalue weighted by molar-refractivity contribution is -0.922. The molecule has 1 aromatic rings. The smallest absolute Gasteiger partial charge is 0.359 e. The molecule has 3 rings (SSSR count). The Kier molecular flexibility index (Phi) is 10.2. The quantitative estimate of drug-likeness (QED) is 0.206. The molecule has 2 aliphatic rings. The van der Waals surface area contributed by atoms with Crippen molar-refractivity contribution in [3.63, 3.8) is 0 Å². The number of aliphatic carboxylic acids is 1. The normalized spacial score (nSPS) is 17.6. The van der Waals surface area contributed by atoms with E-state index >= 15 is 0 Å². The molecule has 40 heavy (non-hydrogen) atoms. The average molecular weight is 557 g/mol. The van der Waals surface area contributed by atoms with Crippen LogP contribution in [0.1, 0.15) is 45.6 Å². The number of nitrogens with one attached hydrogen (secondary N) is 3. The number of carbonyl (C=O) groups excluding carboxylic acids is 5. The van der Waals surface area contributed by atoms with E-state index in [1.165, 1.54) is 6.92 Å². The van der Waals surface area contributed by atoms with Crippen molar-refractivity contribution in [2.75, 3.05) is 31.5 Å². The number of rotatable bonds is 13. The number of quaternary nitrogens is 1. The van der Waals surface area contributed by atoms with Gasteiger partial charge in [-0.1, -0.05) is 26.0 Å². The zero-order chi connectivity index (χ0) is 29.4. The second kappa shape index (κ2) is 13.3. The predicted molar refractivity (Wildman–Crippen MR) is 145 cm³/mol. The zero-order valence-corrected chi connectivity index (χ0v) is 23.1. The first kappa shape index (κ1) is 30.5. The maximum absolute atomic E-state index is 12.9. The molecule has 0 spiro atoms. The number of benzene rings is 1. The van der Waals surface area contributed by atoms with Crippen LogP contribution in [0.3, 0.4) is 0 Å². The van der Waals surface area contributed by atoms with Gasteiger partial charge < -0.3 is 25.5 Å². The fourth-order valence-electron chi connectivity index (χ4n) is 5.01. The Morgan fingerprint density at radius 3 is 2.08 bits per heavy atom. The van der Waals surface area contributed by atoms with E-state index in [9.17, 15) is 33.9 Å². The van der Waals surface area contributed by atoms with E-state index in [2.05, 4.69) is 16.0 Å². The van der Waals surface area contributed by atoms with Crippen LogP contribution in [0, 0.1) is 5.92 Å². The summed E-state index contributed by atoms with van der Waals surface area (Å²) in [5, 5.41) is 17.3. The second-order valence-corrected chi connectivity index (χ2v) is 10.8. The topological polar surface area (TPSA) is 162 Å². The minimum Gasteiger partial charge on any atom is -0.477 e. The number of nitrogens with zero attached hydrogens (tertiary/aromatic N) is 2. The maximum atomic E-state index is 12.9. The third-order valence-corrected chi connectivity index (χ3v) is 7.21. The van der Waals surface area contributed by atoms with Crippen LogP contribution in [0.15, 0.2) is 36.4 Å². The van der Waals surface area contributed by atoms with Gasteiger partial charge in [0.25, 0.3) is 11.8 Å². The molecule has 1 saturated heterocycles. The third-order valence-electron chi connectivity index (χ3n) is 7.21. The molecule has 0 aliphatic carbocycles. The van der Waals surface area contributed by atoms with Crippen molar-refractivity contribution in [3.05, 3.63) is 42.0 Å². The van der Waals surface area contributed by atoms with Crippen LogP contribution in [0.25, 0.3) is 0 Å². The number of carboxylic acid groups (broad SMARTS) is 1. The van der Waals surface area contributed by atoms with Gasteiger partial charge in [-0.2, -0.15) is 0 Å². The predicted octanol–water partition coefficient (Wildman–Crippen LogP) is 0.781. The van der Waals surface area contributed by atoms with Crippen molar-refractivity contribution >= 4 is 41.2 Å². The Hall–Kier alpha value is -4.06. The average Bonchev–Trinajstić information content (AvgIpc) is 3.47. The van der Waals surface area contributed by atoms with Gasteiger partial charge in [0.05, 0.1) is 13.1 Å². The van der Waals surface area contributed by atoms with Crippen LogP contribution in [0.4, 0.5) is 5.69 Å². The number of anilines is 1. The first-order valence-electron chi connectivity index (χ1n) is 13.5. The molecule has 1 aromatic carbocycles. The second-order valence-electron chi connectivity index (χ2n) is 10.8. The van der Waals surface area contributed by atoms with Crippen molar-refractivity contribution in [2.24, 2.45) is 5.92 Å². The number of carboxylic acids is 1. The standard InChI is InChI=1S/C28H37N5O7/c1-18(2)26(31-22(34)12-13-32-23(35)10-11-24(32)36)28(40)29-19(3)27(39)30-21-8-6-20(7-9-21)16-33(17-25(37)38)14-4-5-15-33/h6-11,18-19,26H,4-5,12-17H2,1-3H3,(H3-,29,30,31,34,37,38,39,40)/p+1/t19-,26-/m0/s1. The molecule has 216 valence electrons. The molecule has 2 heterocycles. The Bertz CT molecular complexity index is 1150. The SMILES string of the molecule is CC(C)[C@H](NC(=O)CCN1C(=O)C=CC1=O)C(=O)N[C@@H](C)C(=O)Nc1ccc(C[N+]2(CC(=O)O)CCCC2)cc1. The van der Waals surface area contributed by atoms with Crippen LogP contribution in [0.5, 0.6) is 0 Å². The fourth-order valence-corrected chi connectivity index (χ4v) is 5.01. The van der Waals surface area contributed by atoms with Crippen LogP contribution < -0.4 is 16.0 Å². The van der Waals surface area contributed by atoms with E-state index < -0.39 is 47.6 Å². The summed E-state index contributed by atoms with van der Waals surface area (Å²) in [5.74, 6) is -3.54. The molecule has 0 unspecified atom stereocenters. The van der Waals surface area contributed by atoms with Gasteiger partial charge in [-0.3, -0.25) is 28.9 Å². The van der Waals surface area contributed by atoms with Crippen LogP contribution in [0.2, 0.25) is 0 Å². The van der Waals surface area contributed by atoms with Gasteiger partial charge in [-0.25, -0.2) is 4.79 Å². The molecule has 0 saturated carbocycles. The molecule has 12 nitrogen and oxygen atoms in total. The number of hydrogen-bond donors (Lipinski definition) is 4. The van der Waals surface area contributed by atoms with Crippen LogP contribution >= 0.6 is 0 Å². The molecule has 4 N–H and O–H groups in total. The first-order chi connectivity index (χ1) is 18.9. The van der Waals surface area contributed by atoms with E-state index in [0.717, 1.165) is 48.5 Å². The summed E-state index contributed by atoms with van der Waals surface area (Å²) >= 11 is 0. The molecular formula is C28H38N5O7+. The van der Waals surface area contributed by atoms with Gasteiger partial charge in [-0.15, -0.1) is 0 Å². The number of imide groups is 1. The largest absolute Gasteiger partial charge is 0.477 e. The Balaban J connectivity index is 1.50. The molecule has 12 heteroatoms. The highest BCUT2D eigenvalue weighted by molar-refractivity contribution is 6.13. The minimum absolute atomic E-state index is 0.0861. The van der Waals surface area contributed by atoms with E-state index in [1.807, 2.05) is 12.1 Å². The van der Waals surface area contributed by atoms with Crippen molar-refractivity contribution < 1.29 is 38.4 Å². The van der Waals surface area contributed by atoms with Gasteiger partial charge in [-0.05, 0) is 25.0 Å². The van der Waals surface area contributed by atoms with Gasteiger partial charge in [0.1, 0.15) is 18.6 Å². The van der Waals surface area contributed by atoms with Gasteiger partial charge in [0, 0.05) is 49.2 Å². The van der Waals surface area contributed by atoms with E-state index in [4.69, 9.17) is 0 Å². The summed E-state index contributed by atoms with van der Waals surface area (Å²) < 4.78 is 0.517. The number of hydrogen-bond acceptors (Lipinski definition) is 6. The minimum atomic E-state index is -0.919. The van der Waals surface area contributed by atoms with Crippen molar-refractivity contribution in [1.29, 1.82) is 0 Å². The lowest BCUT2D eigenvalue weighted by atomic mass is 10.0. The molecule has 5 amide bonds. The van der Waals surface area contributed by atoms with Crippen molar-refractivity contribution in [3.8, 4) is 0 Å². The first-order valence-corrected chi connectivity index (χ1v) is 13.5.